The second kappa shape index (κ2) is 10.4. The smallest absolute Gasteiger partial charge is 0.171 e. The summed E-state index contributed by atoms with van der Waals surface area (Å²) in [5.41, 5.74) is 1.95. The minimum atomic E-state index is -1.04. The monoisotopic (exact) mass is 580 g/mol. The third kappa shape index (κ3) is 4.95. The molecule has 0 saturated carbocycles. The number of carbonyl (C=O) groups is 1. The van der Waals surface area contributed by atoms with E-state index in [1.165, 1.54) is 54.6 Å². The van der Waals surface area contributed by atoms with Crippen molar-refractivity contribution in [3.05, 3.63) is 101 Å². The Morgan fingerprint density at radius 3 is 2.02 bits per heavy atom. The van der Waals surface area contributed by atoms with Crippen LogP contribution in [0.1, 0.15) is 46.7 Å². The summed E-state index contributed by atoms with van der Waals surface area (Å²) in [5, 5.41) is 74.3. The minimum Gasteiger partial charge on any atom is -0.508 e. The Bertz CT molecular complexity index is 1910. The molecule has 0 saturated heterocycles. The van der Waals surface area contributed by atoms with Crippen LogP contribution in [0, 0.1) is 5.92 Å². The van der Waals surface area contributed by atoms with Crippen molar-refractivity contribution >= 4 is 16.8 Å². The quantitative estimate of drug-likeness (QED) is 0.0876. The molecule has 0 aliphatic heterocycles. The summed E-state index contributed by atoms with van der Waals surface area (Å²) >= 11 is 0. The number of carbonyl (C=O) groups excluding carboxylic acids is 1. The van der Waals surface area contributed by atoms with Crippen LogP contribution in [-0.2, 0) is 0 Å². The van der Waals surface area contributed by atoms with Gasteiger partial charge in [0.1, 0.15) is 51.6 Å². The van der Waals surface area contributed by atoms with Crippen molar-refractivity contribution in [1.29, 1.82) is 0 Å². The molecule has 1 aromatic heterocycles. The van der Waals surface area contributed by atoms with Gasteiger partial charge in [-0.05, 0) is 67.4 Å². The Balaban J connectivity index is 1.50. The lowest BCUT2D eigenvalue weighted by Gasteiger charge is -2.37. The topological polar surface area (TPSA) is 172 Å². The predicted molar refractivity (Wildman–Crippen MR) is 158 cm³/mol. The van der Waals surface area contributed by atoms with Crippen LogP contribution in [-0.4, -0.2) is 41.5 Å². The van der Waals surface area contributed by atoms with E-state index < -0.39 is 29.3 Å². The van der Waals surface area contributed by atoms with Gasteiger partial charge in [0, 0.05) is 52.5 Å². The highest BCUT2D eigenvalue weighted by Crippen LogP contribution is 2.53. The summed E-state index contributed by atoms with van der Waals surface area (Å²) in [5.74, 6) is -4.49. The van der Waals surface area contributed by atoms with Crippen molar-refractivity contribution in [3.63, 3.8) is 0 Å². The van der Waals surface area contributed by atoms with Crippen molar-refractivity contribution < 1.29 is 45.0 Å². The number of ketones is 1. The number of phenols is 7. The molecule has 7 N–H and O–H groups in total. The highest BCUT2D eigenvalue weighted by Gasteiger charge is 2.43. The highest BCUT2D eigenvalue weighted by molar-refractivity contribution is 6.02. The molecule has 4 aromatic carbocycles. The van der Waals surface area contributed by atoms with Crippen LogP contribution in [0.25, 0.3) is 22.3 Å². The summed E-state index contributed by atoms with van der Waals surface area (Å²) in [6.07, 6.45) is 2.10. The van der Waals surface area contributed by atoms with Crippen LogP contribution in [0.2, 0.25) is 0 Å². The molecule has 43 heavy (non-hydrogen) atoms. The largest absolute Gasteiger partial charge is 0.508 e. The summed E-state index contributed by atoms with van der Waals surface area (Å²) in [4.78, 5) is 14.2. The lowest BCUT2D eigenvalue weighted by atomic mass is 9.65. The second-order valence-corrected chi connectivity index (χ2v) is 10.9. The molecule has 1 aliphatic carbocycles. The molecule has 3 atom stereocenters. The number of furan rings is 1. The second-order valence-electron chi connectivity index (χ2n) is 10.9. The van der Waals surface area contributed by atoms with Crippen molar-refractivity contribution in [2.45, 2.75) is 25.2 Å². The van der Waals surface area contributed by atoms with E-state index in [1.807, 2.05) is 6.92 Å². The fraction of sp³-hybridized carbons (Fsp3) is 0.147. The van der Waals surface area contributed by atoms with Gasteiger partial charge in [-0.2, -0.15) is 0 Å². The SMILES string of the molecule is CC1=C[C@H](c2c(O)cc(-c3cc4ccc(O)cc4o3)cc2O)[C@@H](C(=O)c2ccc(O)cc2O)[C@H](c2ccc(O)cc2O)C1. The lowest BCUT2D eigenvalue weighted by Crippen LogP contribution is -2.31. The average Bonchev–Trinajstić information content (AvgIpc) is 3.35. The third-order valence-corrected chi connectivity index (χ3v) is 8.05. The van der Waals surface area contributed by atoms with Crippen LogP contribution in [0.3, 0.4) is 0 Å². The van der Waals surface area contributed by atoms with Gasteiger partial charge in [-0.25, -0.2) is 0 Å². The molecule has 9 heteroatoms. The van der Waals surface area contributed by atoms with Crippen molar-refractivity contribution in [3.8, 4) is 51.6 Å². The molecular formula is C34H28O9. The first-order valence-electron chi connectivity index (χ1n) is 13.5. The maximum atomic E-state index is 14.2. The highest BCUT2D eigenvalue weighted by atomic mass is 16.3. The zero-order chi connectivity index (χ0) is 30.6. The fourth-order valence-electron chi connectivity index (χ4n) is 6.14. The van der Waals surface area contributed by atoms with Gasteiger partial charge in [0.15, 0.2) is 5.78 Å². The molecule has 0 fully saturated rings. The average molecular weight is 581 g/mol. The molecule has 0 amide bonds. The number of allylic oxidation sites excluding steroid dienone is 2. The van der Waals surface area contributed by atoms with Crippen LogP contribution < -0.4 is 0 Å². The molecular weight excluding hydrogens is 552 g/mol. The predicted octanol–water partition coefficient (Wildman–Crippen LogP) is 6.76. The first-order valence-corrected chi connectivity index (χ1v) is 13.5. The van der Waals surface area contributed by atoms with E-state index in [-0.39, 0.29) is 45.6 Å². The molecule has 0 radical (unpaired) electrons. The summed E-state index contributed by atoms with van der Waals surface area (Å²) in [6.45, 7) is 1.84. The van der Waals surface area contributed by atoms with Crippen LogP contribution >= 0.6 is 0 Å². The van der Waals surface area contributed by atoms with Gasteiger partial charge in [-0.15, -0.1) is 0 Å². The Morgan fingerprint density at radius 1 is 0.721 bits per heavy atom. The maximum absolute atomic E-state index is 14.2. The lowest BCUT2D eigenvalue weighted by molar-refractivity contribution is 0.0876. The number of hydrogen-bond donors (Lipinski definition) is 7. The number of benzene rings is 4. The number of aromatic hydroxyl groups is 7. The molecule has 5 aromatic rings. The molecule has 0 spiro atoms. The molecule has 1 heterocycles. The summed E-state index contributed by atoms with van der Waals surface area (Å²) in [6, 6.07) is 16.9. The number of rotatable bonds is 5. The summed E-state index contributed by atoms with van der Waals surface area (Å²) in [7, 11) is 0. The van der Waals surface area contributed by atoms with Crippen molar-refractivity contribution in [2.24, 2.45) is 5.92 Å². The molecule has 6 rings (SSSR count). The standard InChI is InChI=1S/C34H28O9/c1-16-8-24(22-6-4-19(35)13-26(22)38)32(34(42)23-7-5-20(36)14-27(23)39)25(9-16)33-28(40)10-18(11-29(33)41)30-12-17-2-3-21(37)15-31(17)43-30/h2-7,9-15,24-25,32,35-41H,8H2,1H3/t24-,25-,32-/m0/s1. The van der Waals surface area contributed by atoms with E-state index in [4.69, 9.17) is 4.42 Å². The molecule has 218 valence electrons. The van der Waals surface area contributed by atoms with Gasteiger partial charge in [-0.3, -0.25) is 4.79 Å². The minimum absolute atomic E-state index is 0.0264. The number of Topliss-reactive ketones (excluding diaryl/α,β-unsaturated/α-hetero) is 1. The van der Waals surface area contributed by atoms with E-state index in [2.05, 4.69) is 0 Å². The van der Waals surface area contributed by atoms with Crippen LogP contribution in [0.15, 0.2) is 88.9 Å². The van der Waals surface area contributed by atoms with E-state index in [0.29, 0.717) is 34.3 Å². The Labute approximate surface area is 245 Å². The zero-order valence-corrected chi connectivity index (χ0v) is 22.9. The molecule has 1 aliphatic rings. The third-order valence-electron chi connectivity index (χ3n) is 8.05. The van der Waals surface area contributed by atoms with Crippen molar-refractivity contribution in [1.82, 2.24) is 0 Å². The first-order chi connectivity index (χ1) is 20.5. The molecule has 0 unspecified atom stereocenters. The number of phenolic OH excluding ortho intramolecular Hbond substituents is 7. The number of hydrogen-bond acceptors (Lipinski definition) is 9. The van der Waals surface area contributed by atoms with Gasteiger partial charge in [-0.1, -0.05) is 17.7 Å². The van der Waals surface area contributed by atoms with Gasteiger partial charge in [0.05, 0.1) is 5.56 Å². The Hall–Kier alpha value is -5.57. The van der Waals surface area contributed by atoms with E-state index in [1.54, 1.807) is 18.2 Å². The first kappa shape index (κ1) is 27.6. The van der Waals surface area contributed by atoms with E-state index in [0.717, 1.165) is 11.6 Å². The fourth-order valence-corrected chi connectivity index (χ4v) is 6.14. The van der Waals surface area contributed by atoms with Crippen LogP contribution in [0.5, 0.6) is 40.2 Å². The Morgan fingerprint density at radius 2 is 1.35 bits per heavy atom. The van der Waals surface area contributed by atoms with E-state index >= 15 is 0 Å². The van der Waals surface area contributed by atoms with Crippen molar-refractivity contribution in [2.75, 3.05) is 0 Å². The van der Waals surface area contributed by atoms with Gasteiger partial charge in [0.25, 0.3) is 0 Å². The van der Waals surface area contributed by atoms with E-state index in [9.17, 15) is 40.5 Å². The summed E-state index contributed by atoms with van der Waals surface area (Å²) < 4.78 is 5.84. The van der Waals surface area contributed by atoms with Crippen LogP contribution in [0.4, 0.5) is 0 Å². The maximum Gasteiger partial charge on any atom is 0.171 e. The molecule has 0 bridgehead atoms. The van der Waals surface area contributed by atoms with Gasteiger partial charge < -0.3 is 40.2 Å². The van der Waals surface area contributed by atoms with Gasteiger partial charge >= 0.3 is 0 Å². The van der Waals surface area contributed by atoms with Gasteiger partial charge in [0.2, 0.25) is 0 Å². The normalized spacial score (nSPS) is 18.4. The Kier molecular flexibility index (Phi) is 6.65. The number of fused-ring (bicyclic) bond motifs is 1. The zero-order valence-electron chi connectivity index (χ0n) is 22.9. The molecule has 9 nitrogen and oxygen atoms in total.